The molecule has 2 aromatic carbocycles. The van der Waals surface area contributed by atoms with Gasteiger partial charge in [0.25, 0.3) is 0 Å². The zero-order valence-corrected chi connectivity index (χ0v) is 17.5. The summed E-state index contributed by atoms with van der Waals surface area (Å²) in [4.78, 5) is 12.5. The molecule has 0 aliphatic heterocycles. The highest BCUT2D eigenvalue weighted by Gasteiger charge is 2.26. The van der Waals surface area contributed by atoms with Gasteiger partial charge in [0.05, 0.1) is 28.4 Å². The van der Waals surface area contributed by atoms with Crippen molar-refractivity contribution >= 4 is 5.91 Å². The summed E-state index contributed by atoms with van der Waals surface area (Å²) in [5.41, 5.74) is 3.52. The Balaban J connectivity index is 1.55. The van der Waals surface area contributed by atoms with E-state index in [0.29, 0.717) is 30.2 Å². The number of hydrogen-bond donors (Lipinski definition) is 1. The third-order valence-corrected chi connectivity index (χ3v) is 5.46. The molecule has 1 aliphatic carbocycles. The van der Waals surface area contributed by atoms with Crippen LogP contribution >= 0.6 is 0 Å². The molecule has 1 amide bonds. The molecule has 156 valence electrons. The Morgan fingerprint density at radius 3 is 2.28 bits per heavy atom. The minimum Gasteiger partial charge on any atom is -0.493 e. The minimum atomic E-state index is 0.0677. The fourth-order valence-electron chi connectivity index (χ4n) is 3.91. The van der Waals surface area contributed by atoms with Crippen LogP contribution in [-0.4, -0.2) is 40.9 Å². The smallest absolute Gasteiger partial charge is 0.220 e. The van der Waals surface area contributed by atoms with Crippen LogP contribution in [0.3, 0.4) is 0 Å². The van der Waals surface area contributed by atoms with Crippen LogP contribution in [0.2, 0.25) is 0 Å². The van der Waals surface area contributed by atoms with E-state index in [0.717, 1.165) is 30.6 Å². The number of rotatable bonds is 9. The number of nitrogens with one attached hydrogen (secondary N) is 1. The van der Waals surface area contributed by atoms with Gasteiger partial charge in [-0.1, -0.05) is 6.07 Å². The lowest BCUT2D eigenvalue weighted by Gasteiger charge is -2.15. The quantitative estimate of drug-likeness (QED) is 0.699. The number of aryl methyl sites for hydroxylation is 1. The Kier molecular flexibility index (Phi) is 6.86. The highest BCUT2D eigenvalue weighted by molar-refractivity contribution is 5.77. The third-order valence-electron chi connectivity index (χ3n) is 5.46. The molecule has 0 aromatic heterocycles. The number of fused-ring (bicyclic) bond motifs is 1. The standard InChI is InChI=1S/C23H29NO5/c1-26-19-8-5-15(11-20(19)27-2)9-10-24-23(25)13-17-7-6-16-12-21(28-3)22(29-4)14-18(16)17/h5,8,11-12,14,17H,6-7,9-10,13H2,1-4H3,(H,24,25). The summed E-state index contributed by atoms with van der Waals surface area (Å²) in [6.45, 7) is 0.583. The molecule has 0 fully saturated rings. The highest BCUT2D eigenvalue weighted by atomic mass is 16.5. The lowest BCUT2D eigenvalue weighted by molar-refractivity contribution is -0.121. The second-order valence-electron chi connectivity index (χ2n) is 7.14. The van der Waals surface area contributed by atoms with Gasteiger partial charge in [0.15, 0.2) is 23.0 Å². The monoisotopic (exact) mass is 399 g/mol. The molecule has 6 nitrogen and oxygen atoms in total. The molecule has 1 aliphatic rings. The van der Waals surface area contributed by atoms with E-state index in [1.165, 1.54) is 11.1 Å². The number of amides is 1. The van der Waals surface area contributed by atoms with Crippen LogP contribution in [0, 0.1) is 0 Å². The molecule has 1 unspecified atom stereocenters. The summed E-state index contributed by atoms with van der Waals surface area (Å²) in [5.74, 6) is 3.14. The molecule has 6 heteroatoms. The molecule has 2 aromatic rings. The summed E-state index contributed by atoms with van der Waals surface area (Å²) in [6, 6.07) is 9.86. The molecule has 0 saturated heterocycles. The van der Waals surface area contributed by atoms with Crippen molar-refractivity contribution in [1.82, 2.24) is 5.32 Å². The van der Waals surface area contributed by atoms with E-state index < -0.39 is 0 Å². The van der Waals surface area contributed by atoms with Gasteiger partial charge in [-0.2, -0.15) is 0 Å². The van der Waals surface area contributed by atoms with Crippen molar-refractivity contribution in [3.63, 3.8) is 0 Å². The van der Waals surface area contributed by atoms with E-state index >= 15 is 0 Å². The van der Waals surface area contributed by atoms with Crippen molar-refractivity contribution in [3.05, 3.63) is 47.0 Å². The third kappa shape index (κ3) is 4.75. The first kappa shape index (κ1) is 20.8. The largest absolute Gasteiger partial charge is 0.493 e. The summed E-state index contributed by atoms with van der Waals surface area (Å²) in [7, 11) is 6.51. The van der Waals surface area contributed by atoms with Gasteiger partial charge in [-0.3, -0.25) is 4.79 Å². The van der Waals surface area contributed by atoms with E-state index in [2.05, 4.69) is 5.32 Å². The molecular weight excluding hydrogens is 370 g/mol. The Bertz CT molecular complexity index is 865. The first-order valence-electron chi connectivity index (χ1n) is 9.82. The molecule has 29 heavy (non-hydrogen) atoms. The maximum Gasteiger partial charge on any atom is 0.220 e. The van der Waals surface area contributed by atoms with Gasteiger partial charge in [0.2, 0.25) is 5.91 Å². The van der Waals surface area contributed by atoms with Crippen LogP contribution < -0.4 is 24.3 Å². The van der Waals surface area contributed by atoms with Crippen LogP contribution in [0.15, 0.2) is 30.3 Å². The van der Waals surface area contributed by atoms with Crippen molar-refractivity contribution in [3.8, 4) is 23.0 Å². The first-order chi connectivity index (χ1) is 14.1. The summed E-state index contributed by atoms with van der Waals surface area (Å²) in [6.07, 6.45) is 3.14. The number of carbonyl (C=O) groups is 1. The van der Waals surface area contributed by atoms with Crippen LogP contribution in [0.5, 0.6) is 23.0 Å². The zero-order valence-electron chi connectivity index (χ0n) is 17.5. The highest BCUT2D eigenvalue weighted by Crippen LogP contribution is 2.41. The summed E-state index contributed by atoms with van der Waals surface area (Å²) < 4.78 is 21.4. The topological polar surface area (TPSA) is 66.0 Å². The minimum absolute atomic E-state index is 0.0677. The fraction of sp³-hybridized carbons (Fsp3) is 0.435. The van der Waals surface area contributed by atoms with E-state index in [-0.39, 0.29) is 11.8 Å². The SMILES string of the molecule is COc1ccc(CCNC(=O)CC2CCc3cc(OC)c(OC)cc32)cc1OC. The molecule has 0 heterocycles. The average Bonchev–Trinajstić information content (AvgIpc) is 3.13. The summed E-state index contributed by atoms with van der Waals surface area (Å²) >= 11 is 0. The molecule has 1 atom stereocenters. The molecular formula is C23H29NO5. The van der Waals surface area contributed by atoms with Gasteiger partial charge in [-0.15, -0.1) is 0 Å². The maximum atomic E-state index is 12.5. The van der Waals surface area contributed by atoms with E-state index in [1.807, 2.05) is 30.3 Å². The Morgan fingerprint density at radius 1 is 0.931 bits per heavy atom. The number of ether oxygens (including phenoxy) is 4. The summed E-state index contributed by atoms with van der Waals surface area (Å²) in [5, 5.41) is 3.04. The molecule has 3 rings (SSSR count). The van der Waals surface area contributed by atoms with Crippen molar-refractivity contribution in [2.75, 3.05) is 35.0 Å². The predicted molar refractivity (Wildman–Crippen MR) is 111 cm³/mol. The maximum absolute atomic E-state index is 12.5. The van der Waals surface area contributed by atoms with Crippen molar-refractivity contribution < 1.29 is 23.7 Å². The fourth-order valence-corrected chi connectivity index (χ4v) is 3.91. The second-order valence-corrected chi connectivity index (χ2v) is 7.14. The molecule has 0 spiro atoms. The van der Waals surface area contributed by atoms with Crippen molar-refractivity contribution in [2.24, 2.45) is 0 Å². The Labute approximate surface area is 172 Å². The predicted octanol–water partition coefficient (Wildman–Crippen LogP) is 3.50. The molecule has 0 bridgehead atoms. The van der Waals surface area contributed by atoms with Gasteiger partial charge in [-0.05, 0) is 66.1 Å². The van der Waals surface area contributed by atoms with Gasteiger partial charge in [-0.25, -0.2) is 0 Å². The van der Waals surface area contributed by atoms with Crippen LogP contribution in [0.25, 0.3) is 0 Å². The normalized spacial score (nSPS) is 14.8. The zero-order chi connectivity index (χ0) is 20.8. The van der Waals surface area contributed by atoms with E-state index in [1.54, 1.807) is 28.4 Å². The number of benzene rings is 2. The van der Waals surface area contributed by atoms with Crippen LogP contribution in [0.1, 0.15) is 35.4 Å². The number of hydrogen-bond acceptors (Lipinski definition) is 5. The van der Waals surface area contributed by atoms with Gasteiger partial charge >= 0.3 is 0 Å². The molecule has 1 N–H and O–H groups in total. The molecule has 0 saturated carbocycles. The molecule has 0 radical (unpaired) electrons. The lowest BCUT2D eigenvalue weighted by atomic mass is 9.97. The Morgan fingerprint density at radius 2 is 1.59 bits per heavy atom. The lowest BCUT2D eigenvalue weighted by Crippen LogP contribution is -2.26. The Hall–Kier alpha value is -2.89. The van der Waals surface area contributed by atoms with Gasteiger partial charge in [0.1, 0.15) is 0 Å². The van der Waals surface area contributed by atoms with Crippen LogP contribution in [-0.2, 0) is 17.6 Å². The van der Waals surface area contributed by atoms with Crippen molar-refractivity contribution in [2.45, 2.75) is 31.6 Å². The van der Waals surface area contributed by atoms with Crippen LogP contribution in [0.4, 0.5) is 0 Å². The second kappa shape index (κ2) is 9.54. The van der Waals surface area contributed by atoms with Gasteiger partial charge < -0.3 is 24.3 Å². The first-order valence-corrected chi connectivity index (χ1v) is 9.82. The average molecular weight is 399 g/mol. The number of carbonyl (C=O) groups excluding carboxylic acids is 1. The van der Waals surface area contributed by atoms with Gasteiger partial charge in [0, 0.05) is 13.0 Å². The van der Waals surface area contributed by atoms with E-state index in [4.69, 9.17) is 18.9 Å². The van der Waals surface area contributed by atoms with E-state index in [9.17, 15) is 4.79 Å². The number of methoxy groups -OCH3 is 4. The van der Waals surface area contributed by atoms with Crippen molar-refractivity contribution in [1.29, 1.82) is 0 Å².